The summed E-state index contributed by atoms with van der Waals surface area (Å²) in [5.41, 5.74) is -0.0729. The molecule has 0 bridgehead atoms. The molecule has 0 spiro atoms. The average Bonchev–Trinajstić information content (AvgIpc) is 2.26. The molecule has 2 nitrogen and oxygen atoms in total. The number of anilines is 1. The van der Waals surface area contributed by atoms with Crippen molar-refractivity contribution in [3.05, 3.63) is 29.3 Å². The Morgan fingerprint density at radius 3 is 2.25 bits per heavy atom. The summed E-state index contributed by atoms with van der Waals surface area (Å²) in [4.78, 5) is 12.0. The number of aldehydes is 1. The zero-order chi connectivity index (χ0) is 12.3. The minimum absolute atomic E-state index is 0.0105. The SMILES string of the molecule is CCC(C)N(C)c1c(F)cc(C=O)cc1F. The van der Waals surface area contributed by atoms with Crippen molar-refractivity contribution in [1.29, 1.82) is 0 Å². The molecule has 4 heteroatoms. The zero-order valence-corrected chi connectivity index (χ0v) is 9.63. The van der Waals surface area contributed by atoms with E-state index in [2.05, 4.69) is 0 Å². The van der Waals surface area contributed by atoms with Crippen LogP contribution in [0.25, 0.3) is 0 Å². The monoisotopic (exact) mass is 227 g/mol. The van der Waals surface area contributed by atoms with Crippen LogP contribution in [0.3, 0.4) is 0 Å². The second-order valence-electron chi connectivity index (χ2n) is 3.82. The first-order chi connectivity index (χ1) is 7.51. The van der Waals surface area contributed by atoms with Gasteiger partial charge in [0.25, 0.3) is 0 Å². The van der Waals surface area contributed by atoms with E-state index in [0.29, 0.717) is 6.29 Å². The van der Waals surface area contributed by atoms with Gasteiger partial charge in [0.05, 0.1) is 0 Å². The van der Waals surface area contributed by atoms with Crippen molar-refractivity contribution < 1.29 is 13.6 Å². The van der Waals surface area contributed by atoms with Crippen LogP contribution in [-0.2, 0) is 0 Å². The summed E-state index contributed by atoms with van der Waals surface area (Å²) >= 11 is 0. The van der Waals surface area contributed by atoms with E-state index in [4.69, 9.17) is 0 Å². The Labute approximate surface area is 93.9 Å². The molecule has 1 unspecified atom stereocenters. The molecule has 0 amide bonds. The van der Waals surface area contributed by atoms with Gasteiger partial charge in [-0.05, 0) is 25.5 Å². The van der Waals surface area contributed by atoms with Crippen LogP contribution in [0.4, 0.5) is 14.5 Å². The van der Waals surface area contributed by atoms with Crippen molar-refractivity contribution in [2.75, 3.05) is 11.9 Å². The average molecular weight is 227 g/mol. The standard InChI is InChI=1S/C12H15F2NO/c1-4-8(2)15(3)12-10(13)5-9(7-16)6-11(12)14/h5-8H,4H2,1-3H3. The molecule has 1 aromatic carbocycles. The number of rotatable bonds is 4. The Bertz CT molecular complexity index is 370. The van der Waals surface area contributed by atoms with E-state index >= 15 is 0 Å². The Morgan fingerprint density at radius 2 is 1.88 bits per heavy atom. The van der Waals surface area contributed by atoms with Crippen LogP contribution in [0.5, 0.6) is 0 Å². The molecule has 0 radical (unpaired) electrons. The highest BCUT2D eigenvalue weighted by molar-refractivity contribution is 5.76. The first-order valence-electron chi connectivity index (χ1n) is 5.18. The van der Waals surface area contributed by atoms with Gasteiger partial charge in [-0.15, -0.1) is 0 Å². The third-order valence-electron chi connectivity index (χ3n) is 2.78. The molecule has 0 saturated carbocycles. The van der Waals surface area contributed by atoms with E-state index in [1.807, 2.05) is 13.8 Å². The van der Waals surface area contributed by atoms with Gasteiger partial charge in [-0.25, -0.2) is 8.78 Å². The highest BCUT2D eigenvalue weighted by atomic mass is 19.1. The largest absolute Gasteiger partial charge is 0.367 e. The predicted octanol–water partition coefficient (Wildman–Crippen LogP) is 3.01. The number of halogens is 2. The molecule has 1 rings (SSSR count). The molecule has 0 aliphatic heterocycles. The molecule has 0 N–H and O–H groups in total. The molecule has 0 aromatic heterocycles. The van der Waals surface area contributed by atoms with Crippen LogP contribution < -0.4 is 4.90 Å². The molecule has 16 heavy (non-hydrogen) atoms. The van der Waals surface area contributed by atoms with Gasteiger partial charge in [0.1, 0.15) is 23.6 Å². The van der Waals surface area contributed by atoms with Gasteiger partial charge in [0, 0.05) is 18.7 Å². The number of carbonyl (C=O) groups excluding carboxylic acids is 1. The Kier molecular flexibility index (Phi) is 3.99. The molecule has 0 heterocycles. The second-order valence-corrected chi connectivity index (χ2v) is 3.82. The normalized spacial score (nSPS) is 12.3. The van der Waals surface area contributed by atoms with Gasteiger partial charge < -0.3 is 4.90 Å². The number of carbonyl (C=O) groups is 1. The first kappa shape index (κ1) is 12.6. The fourth-order valence-electron chi connectivity index (χ4n) is 1.48. The van der Waals surface area contributed by atoms with E-state index in [-0.39, 0.29) is 17.3 Å². The van der Waals surface area contributed by atoms with Crippen LogP contribution in [0.2, 0.25) is 0 Å². The quantitative estimate of drug-likeness (QED) is 0.737. The van der Waals surface area contributed by atoms with E-state index in [9.17, 15) is 13.6 Å². The minimum Gasteiger partial charge on any atom is -0.367 e. The predicted molar refractivity (Wildman–Crippen MR) is 59.9 cm³/mol. The minimum atomic E-state index is -0.704. The molecular weight excluding hydrogens is 212 g/mol. The van der Waals surface area contributed by atoms with Gasteiger partial charge in [0.2, 0.25) is 0 Å². The lowest BCUT2D eigenvalue weighted by Crippen LogP contribution is -2.29. The lowest BCUT2D eigenvalue weighted by molar-refractivity contribution is 0.112. The summed E-state index contributed by atoms with van der Waals surface area (Å²) in [6.07, 6.45) is 1.21. The third-order valence-corrected chi connectivity index (χ3v) is 2.78. The second kappa shape index (κ2) is 5.05. The van der Waals surface area contributed by atoms with E-state index in [0.717, 1.165) is 18.6 Å². The molecular formula is C12H15F2NO. The molecule has 0 aliphatic carbocycles. The summed E-state index contributed by atoms with van der Waals surface area (Å²) in [6.45, 7) is 3.82. The Hall–Kier alpha value is -1.45. The number of hydrogen-bond acceptors (Lipinski definition) is 2. The molecule has 88 valence electrons. The highest BCUT2D eigenvalue weighted by Gasteiger charge is 2.18. The molecule has 0 fully saturated rings. The summed E-state index contributed by atoms with van der Waals surface area (Å²) in [5.74, 6) is -1.41. The first-order valence-corrected chi connectivity index (χ1v) is 5.18. The summed E-state index contributed by atoms with van der Waals surface area (Å²) < 4.78 is 27.2. The topological polar surface area (TPSA) is 20.3 Å². The maximum Gasteiger partial charge on any atom is 0.150 e. The van der Waals surface area contributed by atoms with Crippen molar-refractivity contribution in [3.63, 3.8) is 0 Å². The van der Waals surface area contributed by atoms with Gasteiger partial charge in [-0.3, -0.25) is 4.79 Å². The fourth-order valence-corrected chi connectivity index (χ4v) is 1.48. The van der Waals surface area contributed by atoms with Crippen LogP contribution in [0.1, 0.15) is 30.6 Å². The molecule has 1 atom stereocenters. The summed E-state index contributed by atoms with van der Waals surface area (Å²) in [6, 6.07) is 2.13. The van der Waals surface area contributed by atoms with Crippen molar-refractivity contribution in [1.82, 2.24) is 0 Å². The van der Waals surface area contributed by atoms with E-state index in [1.165, 1.54) is 0 Å². The number of hydrogen-bond donors (Lipinski definition) is 0. The molecule has 0 aliphatic rings. The van der Waals surface area contributed by atoms with E-state index < -0.39 is 11.6 Å². The number of nitrogens with zero attached hydrogens (tertiary/aromatic N) is 1. The van der Waals surface area contributed by atoms with E-state index in [1.54, 1.807) is 11.9 Å². The van der Waals surface area contributed by atoms with Crippen molar-refractivity contribution in [3.8, 4) is 0 Å². The van der Waals surface area contributed by atoms with Gasteiger partial charge in [-0.1, -0.05) is 6.92 Å². The van der Waals surface area contributed by atoms with Crippen LogP contribution in [0, 0.1) is 11.6 Å². The van der Waals surface area contributed by atoms with Gasteiger partial charge >= 0.3 is 0 Å². The summed E-state index contributed by atoms with van der Waals surface area (Å²) in [5, 5.41) is 0. The smallest absolute Gasteiger partial charge is 0.150 e. The Morgan fingerprint density at radius 1 is 1.38 bits per heavy atom. The lowest BCUT2D eigenvalue weighted by atomic mass is 10.1. The van der Waals surface area contributed by atoms with Crippen LogP contribution in [-0.4, -0.2) is 19.4 Å². The third kappa shape index (κ3) is 2.38. The maximum atomic E-state index is 13.6. The Balaban J connectivity index is 3.18. The lowest BCUT2D eigenvalue weighted by Gasteiger charge is -2.26. The van der Waals surface area contributed by atoms with Gasteiger partial charge in [-0.2, -0.15) is 0 Å². The van der Waals surface area contributed by atoms with Crippen LogP contribution in [0.15, 0.2) is 12.1 Å². The van der Waals surface area contributed by atoms with Gasteiger partial charge in [0.15, 0.2) is 0 Å². The highest BCUT2D eigenvalue weighted by Crippen LogP contribution is 2.25. The maximum absolute atomic E-state index is 13.6. The van der Waals surface area contributed by atoms with Crippen molar-refractivity contribution in [2.45, 2.75) is 26.3 Å². The molecule has 0 saturated heterocycles. The molecule has 1 aromatic rings. The van der Waals surface area contributed by atoms with Crippen molar-refractivity contribution in [2.24, 2.45) is 0 Å². The number of benzene rings is 1. The zero-order valence-electron chi connectivity index (χ0n) is 9.63. The van der Waals surface area contributed by atoms with Crippen LogP contribution >= 0.6 is 0 Å². The summed E-state index contributed by atoms with van der Waals surface area (Å²) in [7, 11) is 1.64. The fraction of sp³-hybridized carbons (Fsp3) is 0.417. The van der Waals surface area contributed by atoms with Crippen molar-refractivity contribution >= 4 is 12.0 Å².